The van der Waals surface area contributed by atoms with Crippen molar-refractivity contribution in [3.05, 3.63) is 0 Å². The standard InChI is InChI=1S/C11H24N2O2S/c1-3-16(14,15)13-8-4-7-12-11-6-5-10(2)9-11/h10-13H,3-9H2,1-2H3. The third-order valence-corrected chi connectivity index (χ3v) is 4.59. The molecule has 16 heavy (non-hydrogen) atoms. The zero-order valence-corrected chi connectivity index (χ0v) is 11.1. The maximum atomic E-state index is 11.1. The van der Waals surface area contributed by atoms with E-state index in [2.05, 4.69) is 17.0 Å². The van der Waals surface area contributed by atoms with Crippen LogP contribution in [0.2, 0.25) is 0 Å². The number of hydrogen-bond acceptors (Lipinski definition) is 3. The first-order valence-corrected chi connectivity index (χ1v) is 7.89. The van der Waals surface area contributed by atoms with Crippen molar-refractivity contribution in [1.29, 1.82) is 0 Å². The van der Waals surface area contributed by atoms with Gasteiger partial charge in [-0.3, -0.25) is 0 Å². The zero-order chi connectivity index (χ0) is 12.0. The zero-order valence-electron chi connectivity index (χ0n) is 10.3. The molecule has 0 aromatic heterocycles. The molecular weight excluding hydrogens is 224 g/mol. The molecule has 0 saturated heterocycles. The van der Waals surface area contributed by atoms with E-state index in [0.717, 1.165) is 18.9 Å². The summed E-state index contributed by atoms with van der Waals surface area (Å²) in [6.45, 7) is 5.40. The predicted octanol–water partition coefficient (Wildman–Crippen LogP) is 1.09. The van der Waals surface area contributed by atoms with Crippen LogP contribution in [-0.2, 0) is 10.0 Å². The number of sulfonamides is 1. The highest BCUT2D eigenvalue weighted by molar-refractivity contribution is 7.89. The van der Waals surface area contributed by atoms with Gasteiger partial charge in [-0.1, -0.05) is 6.92 Å². The predicted molar refractivity (Wildman–Crippen MR) is 66.9 cm³/mol. The first kappa shape index (κ1) is 13.9. The van der Waals surface area contributed by atoms with Crippen molar-refractivity contribution in [2.24, 2.45) is 5.92 Å². The number of hydrogen-bond donors (Lipinski definition) is 2. The molecule has 0 heterocycles. The first-order valence-electron chi connectivity index (χ1n) is 6.24. The van der Waals surface area contributed by atoms with E-state index in [1.807, 2.05) is 0 Å². The quantitative estimate of drug-likeness (QED) is 0.663. The molecular formula is C11H24N2O2S. The van der Waals surface area contributed by atoms with Crippen LogP contribution in [0.3, 0.4) is 0 Å². The van der Waals surface area contributed by atoms with Gasteiger partial charge in [0.25, 0.3) is 0 Å². The second-order valence-corrected chi connectivity index (χ2v) is 6.82. The van der Waals surface area contributed by atoms with Crippen molar-refractivity contribution in [3.8, 4) is 0 Å². The van der Waals surface area contributed by atoms with E-state index in [4.69, 9.17) is 0 Å². The van der Waals surface area contributed by atoms with Gasteiger partial charge in [-0.15, -0.1) is 0 Å². The first-order chi connectivity index (χ1) is 7.53. The van der Waals surface area contributed by atoms with Crippen LogP contribution < -0.4 is 10.0 Å². The van der Waals surface area contributed by atoms with Crippen LogP contribution in [0.5, 0.6) is 0 Å². The molecule has 2 N–H and O–H groups in total. The molecule has 0 radical (unpaired) electrons. The molecule has 0 aromatic rings. The van der Waals surface area contributed by atoms with Gasteiger partial charge in [0, 0.05) is 12.6 Å². The van der Waals surface area contributed by atoms with E-state index in [1.165, 1.54) is 19.3 Å². The number of nitrogens with one attached hydrogen (secondary N) is 2. The van der Waals surface area contributed by atoms with E-state index in [-0.39, 0.29) is 5.75 Å². The summed E-state index contributed by atoms with van der Waals surface area (Å²) in [6.07, 6.45) is 4.72. The van der Waals surface area contributed by atoms with Crippen molar-refractivity contribution in [1.82, 2.24) is 10.0 Å². The molecule has 0 spiro atoms. The van der Waals surface area contributed by atoms with Crippen LogP contribution in [-0.4, -0.2) is 33.3 Å². The largest absolute Gasteiger partial charge is 0.314 e. The summed E-state index contributed by atoms with van der Waals surface area (Å²) in [6, 6.07) is 0.651. The fourth-order valence-electron chi connectivity index (χ4n) is 2.12. The van der Waals surface area contributed by atoms with Crippen LogP contribution in [0, 0.1) is 5.92 Å². The molecule has 4 nitrogen and oxygen atoms in total. The topological polar surface area (TPSA) is 58.2 Å². The van der Waals surface area contributed by atoms with Crippen LogP contribution in [0.4, 0.5) is 0 Å². The van der Waals surface area contributed by atoms with E-state index < -0.39 is 10.0 Å². The van der Waals surface area contributed by atoms with Crippen molar-refractivity contribution in [2.75, 3.05) is 18.8 Å². The van der Waals surface area contributed by atoms with Gasteiger partial charge in [-0.05, 0) is 45.1 Å². The molecule has 5 heteroatoms. The molecule has 0 aliphatic heterocycles. The van der Waals surface area contributed by atoms with E-state index in [9.17, 15) is 8.42 Å². The average Bonchev–Trinajstić information content (AvgIpc) is 2.64. The van der Waals surface area contributed by atoms with Gasteiger partial charge in [0.1, 0.15) is 0 Å². The molecule has 2 atom stereocenters. The summed E-state index contributed by atoms with van der Waals surface area (Å²) in [5.74, 6) is 1.01. The van der Waals surface area contributed by atoms with Gasteiger partial charge in [0.05, 0.1) is 5.75 Å². The van der Waals surface area contributed by atoms with E-state index in [0.29, 0.717) is 12.6 Å². The van der Waals surface area contributed by atoms with Crippen molar-refractivity contribution in [2.45, 2.75) is 45.6 Å². The summed E-state index contributed by atoms with van der Waals surface area (Å²) >= 11 is 0. The molecule has 0 aromatic carbocycles. The SMILES string of the molecule is CCS(=O)(=O)NCCCNC1CCC(C)C1. The van der Waals surface area contributed by atoms with Crippen LogP contribution in [0.1, 0.15) is 39.5 Å². The highest BCUT2D eigenvalue weighted by atomic mass is 32.2. The molecule has 2 unspecified atom stereocenters. The van der Waals surface area contributed by atoms with Gasteiger partial charge in [-0.25, -0.2) is 13.1 Å². The lowest BCUT2D eigenvalue weighted by Crippen LogP contribution is -2.31. The molecule has 1 fully saturated rings. The second-order valence-electron chi connectivity index (χ2n) is 4.72. The lowest BCUT2D eigenvalue weighted by Gasteiger charge is -2.12. The molecule has 0 amide bonds. The number of rotatable bonds is 7. The highest BCUT2D eigenvalue weighted by Crippen LogP contribution is 2.24. The maximum Gasteiger partial charge on any atom is 0.211 e. The third-order valence-electron chi connectivity index (χ3n) is 3.18. The molecule has 0 bridgehead atoms. The Balaban J connectivity index is 2.00. The minimum absolute atomic E-state index is 0.167. The van der Waals surface area contributed by atoms with Crippen molar-refractivity contribution < 1.29 is 8.42 Å². The maximum absolute atomic E-state index is 11.1. The van der Waals surface area contributed by atoms with Gasteiger partial charge >= 0.3 is 0 Å². The fourth-order valence-corrected chi connectivity index (χ4v) is 2.78. The highest BCUT2D eigenvalue weighted by Gasteiger charge is 2.20. The van der Waals surface area contributed by atoms with Crippen LogP contribution in [0.25, 0.3) is 0 Å². The Morgan fingerprint density at radius 1 is 1.25 bits per heavy atom. The molecule has 1 aliphatic rings. The molecule has 1 rings (SSSR count). The van der Waals surface area contributed by atoms with Gasteiger partial charge in [0.15, 0.2) is 0 Å². The van der Waals surface area contributed by atoms with E-state index in [1.54, 1.807) is 6.92 Å². The summed E-state index contributed by atoms with van der Waals surface area (Å²) in [5.41, 5.74) is 0. The van der Waals surface area contributed by atoms with Crippen molar-refractivity contribution >= 4 is 10.0 Å². The van der Waals surface area contributed by atoms with Crippen LogP contribution in [0.15, 0.2) is 0 Å². The monoisotopic (exact) mass is 248 g/mol. The lowest BCUT2D eigenvalue weighted by molar-refractivity contribution is 0.494. The Labute approximate surface area is 99.2 Å². The Morgan fingerprint density at radius 2 is 2.00 bits per heavy atom. The summed E-state index contributed by atoms with van der Waals surface area (Å²) in [4.78, 5) is 0. The minimum Gasteiger partial charge on any atom is -0.314 e. The normalized spacial score (nSPS) is 26.1. The Bertz CT molecular complexity index is 290. The van der Waals surface area contributed by atoms with Gasteiger partial charge in [-0.2, -0.15) is 0 Å². The fraction of sp³-hybridized carbons (Fsp3) is 1.00. The summed E-state index contributed by atoms with van der Waals surface area (Å²) < 4.78 is 24.8. The Morgan fingerprint density at radius 3 is 2.56 bits per heavy atom. The summed E-state index contributed by atoms with van der Waals surface area (Å²) in [5, 5.41) is 3.48. The van der Waals surface area contributed by atoms with Gasteiger partial charge in [0.2, 0.25) is 10.0 Å². The average molecular weight is 248 g/mol. The smallest absolute Gasteiger partial charge is 0.211 e. The van der Waals surface area contributed by atoms with Gasteiger partial charge < -0.3 is 5.32 Å². The minimum atomic E-state index is -3.01. The molecule has 1 saturated carbocycles. The Hall–Kier alpha value is -0.130. The Kier molecular flexibility index (Phi) is 5.72. The second kappa shape index (κ2) is 6.57. The molecule has 96 valence electrons. The lowest BCUT2D eigenvalue weighted by atomic mass is 10.1. The van der Waals surface area contributed by atoms with Crippen LogP contribution >= 0.6 is 0 Å². The third kappa shape index (κ3) is 5.27. The summed E-state index contributed by atoms with van der Waals surface area (Å²) in [7, 11) is -3.01. The molecule has 1 aliphatic carbocycles. The van der Waals surface area contributed by atoms with E-state index >= 15 is 0 Å². The van der Waals surface area contributed by atoms with Crippen molar-refractivity contribution in [3.63, 3.8) is 0 Å².